The number of hydrogen-bond donors (Lipinski definition) is 0. The van der Waals surface area contributed by atoms with Gasteiger partial charge in [0.2, 0.25) is 10.0 Å². The summed E-state index contributed by atoms with van der Waals surface area (Å²) in [6, 6.07) is 16.3. The molecule has 1 fully saturated rings. The zero-order valence-electron chi connectivity index (χ0n) is 13.0. The lowest BCUT2D eigenvalue weighted by Gasteiger charge is -2.30. The summed E-state index contributed by atoms with van der Waals surface area (Å²) in [5.74, 6) is -0.208. The molecule has 1 heterocycles. The Labute approximate surface area is 147 Å². The molecule has 125 valence electrons. The fourth-order valence-electron chi connectivity index (χ4n) is 2.92. The highest BCUT2D eigenvalue weighted by atomic mass is 35.5. The Morgan fingerprint density at radius 2 is 1.75 bits per heavy atom. The summed E-state index contributed by atoms with van der Waals surface area (Å²) in [4.78, 5) is 12.8. The number of hydrogen-bond acceptors (Lipinski definition) is 3. The number of rotatable bonds is 4. The van der Waals surface area contributed by atoms with Gasteiger partial charge in [0, 0.05) is 30.6 Å². The van der Waals surface area contributed by atoms with Crippen LogP contribution in [-0.2, 0) is 10.0 Å². The molecule has 0 N–H and O–H groups in total. The molecule has 0 saturated carbocycles. The molecule has 24 heavy (non-hydrogen) atoms. The summed E-state index contributed by atoms with van der Waals surface area (Å²) in [5.41, 5.74) is 0.511. The zero-order valence-corrected chi connectivity index (χ0v) is 14.6. The highest BCUT2D eigenvalue weighted by Crippen LogP contribution is 2.28. The van der Waals surface area contributed by atoms with Crippen LogP contribution in [0.1, 0.15) is 23.2 Å². The fourth-order valence-corrected chi connectivity index (χ4v) is 4.58. The van der Waals surface area contributed by atoms with E-state index in [4.69, 9.17) is 11.6 Å². The molecule has 0 aliphatic carbocycles. The summed E-state index contributed by atoms with van der Waals surface area (Å²) in [5, 5.41) is 0.441. The fraction of sp³-hybridized carbons (Fsp3) is 0.278. The van der Waals surface area contributed by atoms with Crippen molar-refractivity contribution >= 4 is 27.4 Å². The predicted octanol–water partition coefficient (Wildman–Crippen LogP) is 3.42. The van der Waals surface area contributed by atoms with E-state index in [1.165, 1.54) is 10.4 Å². The van der Waals surface area contributed by atoms with Crippen molar-refractivity contribution < 1.29 is 13.2 Å². The van der Waals surface area contributed by atoms with Crippen LogP contribution >= 0.6 is 11.6 Å². The minimum Gasteiger partial charge on any atom is -0.294 e. The van der Waals surface area contributed by atoms with Crippen LogP contribution in [0.2, 0.25) is 5.02 Å². The van der Waals surface area contributed by atoms with Crippen LogP contribution in [0.15, 0.2) is 53.4 Å². The Balaban J connectivity index is 1.70. The lowest BCUT2D eigenvalue weighted by Crippen LogP contribution is -2.40. The first-order chi connectivity index (χ1) is 11.5. The molecule has 6 heteroatoms. The van der Waals surface area contributed by atoms with Gasteiger partial charge in [0.1, 0.15) is 0 Å². The van der Waals surface area contributed by atoms with Gasteiger partial charge in [0.15, 0.2) is 5.78 Å². The number of piperidine rings is 1. The highest BCUT2D eigenvalue weighted by Gasteiger charge is 2.32. The maximum Gasteiger partial charge on any atom is 0.243 e. The predicted molar refractivity (Wildman–Crippen MR) is 92.5 cm³/mol. The van der Waals surface area contributed by atoms with Gasteiger partial charge >= 0.3 is 0 Å². The van der Waals surface area contributed by atoms with E-state index in [0.29, 0.717) is 36.5 Å². The smallest absolute Gasteiger partial charge is 0.243 e. The standard InChI is InChI=1S/C18H17ClNO3S/c19-17-9-5-4-8-16(17)18(21)14-10-12-20(13-11-14)24(22,23)15-6-2-1-3-7-15/h1-6,8-9,14H,10-13H2. The number of carbonyl (C=O) groups is 1. The van der Waals surface area contributed by atoms with Crippen LogP contribution in [0, 0.1) is 12.0 Å². The van der Waals surface area contributed by atoms with E-state index in [-0.39, 0.29) is 16.6 Å². The Morgan fingerprint density at radius 1 is 1.08 bits per heavy atom. The number of halogens is 1. The topological polar surface area (TPSA) is 54.5 Å². The molecule has 0 unspecified atom stereocenters. The Morgan fingerprint density at radius 3 is 2.38 bits per heavy atom. The Hall–Kier alpha value is -1.69. The molecule has 4 nitrogen and oxygen atoms in total. The molecule has 0 bridgehead atoms. The van der Waals surface area contributed by atoms with Gasteiger partial charge < -0.3 is 0 Å². The van der Waals surface area contributed by atoms with E-state index in [1.54, 1.807) is 42.5 Å². The van der Waals surface area contributed by atoms with E-state index < -0.39 is 10.0 Å². The minimum absolute atomic E-state index is 0.0103. The third kappa shape index (κ3) is 3.38. The molecule has 1 saturated heterocycles. The van der Waals surface area contributed by atoms with Gasteiger partial charge in [-0.2, -0.15) is 4.31 Å². The van der Waals surface area contributed by atoms with Crippen molar-refractivity contribution in [2.75, 3.05) is 13.1 Å². The van der Waals surface area contributed by atoms with Crippen LogP contribution in [0.4, 0.5) is 0 Å². The normalized spacial score (nSPS) is 16.9. The maximum absolute atomic E-state index is 12.6. The van der Waals surface area contributed by atoms with Crippen LogP contribution in [0.3, 0.4) is 0 Å². The number of benzene rings is 2. The quantitative estimate of drug-likeness (QED) is 0.783. The van der Waals surface area contributed by atoms with Crippen molar-refractivity contribution in [2.45, 2.75) is 17.7 Å². The zero-order chi connectivity index (χ0) is 17.2. The molecule has 0 aromatic heterocycles. The highest BCUT2D eigenvalue weighted by molar-refractivity contribution is 7.89. The average Bonchev–Trinajstić information content (AvgIpc) is 2.62. The van der Waals surface area contributed by atoms with Gasteiger partial charge in [-0.15, -0.1) is 0 Å². The van der Waals surface area contributed by atoms with Gasteiger partial charge in [-0.25, -0.2) is 8.42 Å². The van der Waals surface area contributed by atoms with E-state index in [1.807, 2.05) is 0 Å². The van der Waals surface area contributed by atoms with Crippen LogP contribution < -0.4 is 0 Å². The molecule has 3 rings (SSSR count). The van der Waals surface area contributed by atoms with Crippen molar-refractivity contribution in [1.29, 1.82) is 0 Å². The molecule has 1 aliphatic rings. The second-order valence-corrected chi connectivity index (χ2v) is 8.06. The second-order valence-electron chi connectivity index (χ2n) is 5.75. The number of Topliss-reactive ketones (excluding diaryl/α,β-unsaturated/α-hetero) is 1. The monoisotopic (exact) mass is 362 g/mol. The minimum atomic E-state index is -3.54. The number of ketones is 1. The van der Waals surface area contributed by atoms with Crippen LogP contribution in [0.25, 0.3) is 0 Å². The molecule has 1 radical (unpaired) electrons. The van der Waals surface area contributed by atoms with E-state index in [0.717, 1.165) is 0 Å². The molecular weight excluding hydrogens is 346 g/mol. The first-order valence-electron chi connectivity index (χ1n) is 7.76. The van der Waals surface area contributed by atoms with E-state index in [2.05, 4.69) is 6.07 Å². The molecular formula is C18H17ClNO3S. The summed E-state index contributed by atoms with van der Waals surface area (Å²) < 4.78 is 26.6. The molecule has 0 amide bonds. The van der Waals surface area contributed by atoms with E-state index >= 15 is 0 Å². The summed E-state index contributed by atoms with van der Waals surface area (Å²) in [7, 11) is -3.54. The molecule has 2 aromatic carbocycles. The molecule has 2 aromatic rings. The number of carbonyl (C=O) groups excluding carboxylic acids is 1. The average molecular weight is 363 g/mol. The third-order valence-electron chi connectivity index (χ3n) is 4.26. The lowest BCUT2D eigenvalue weighted by molar-refractivity contribution is 0.0875. The third-order valence-corrected chi connectivity index (χ3v) is 6.45. The first kappa shape index (κ1) is 17.1. The van der Waals surface area contributed by atoms with Crippen molar-refractivity contribution in [3.63, 3.8) is 0 Å². The summed E-state index contributed by atoms with van der Waals surface area (Å²) >= 11 is 6.09. The Bertz CT molecular complexity index is 828. The van der Waals surface area contributed by atoms with Gasteiger partial charge in [-0.05, 0) is 31.0 Å². The van der Waals surface area contributed by atoms with Gasteiger partial charge in [-0.3, -0.25) is 4.79 Å². The van der Waals surface area contributed by atoms with Crippen molar-refractivity contribution in [3.8, 4) is 0 Å². The van der Waals surface area contributed by atoms with Crippen LogP contribution in [0.5, 0.6) is 0 Å². The molecule has 0 spiro atoms. The van der Waals surface area contributed by atoms with Crippen LogP contribution in [-0.4, -0.2) is 31.6 Å². The van der Waals surface area contributed by atoms with Crippen molar-refractivity contribution in [3.05, 3.63) is 65.2 Å². The van der Waals surface area contributed by atoms with Crippen molar-refractivity contribution in [2.24, 2.45) is 5.92 Å². The number of sulfonamides is 1. The summed E-state index contributed by atoms with van der Waals surface area (Å²) in [6.07, 6.45) is 0.992. The van der Waals surface area contributed by atoms with Gasteiger partial charge in [0.05, 0.1) is 9.92 Å². The SMILES string of the molecule is O=C(c1ccccc1Cl)C1CCN(S(=O)(=O)c2[c]cccc2)CC1. The first-order valence-corrected chi connectivity index (χ1v) is 9.57. The Kier molecular flexibility index (Phi) is 5.04. The van der Waals surface area contributed by atoms with E-state index in [9.17, 15) is 13.2 Å². The maximum atomic E-state index is 12.6. The largest absolute Gasteiger partial charge is 0.294 e. The lowest BCUT2D eigenvalue weighted by atomic mass is 9.89. The number of nitrogens with zero attached hydrogens (tertiary/aromatic N) is 1. The van der Waals surface area contributed by atoms with Crippen molar-refractivity contribution in [1.82, 2.24) is 4.31 Å². The van der Waals surface area contributed by atoms with Gasteiger partial charge in [0.25, 0.3) is 0 Å². The summed E-state index contributed by atoms with van der Waals surface area (Å²) in [6.45, 7) is 0.651. The second kappa shape index (κ2) is 7.05. The molecule has 1 aliphatic heterocycles. The molecule has 0 atom stereocenters. The van der Waals surface area contributed by atoms with Gasteiger partial charge in [-0.1, -0.05) is 41.9 Å².